The van der Waals surface area contributed by atoms with Gasteiger partial charge in [-0.3, -0.25) is 5.43 Å². The van der Waals surface area contributed by atoms with Crippen molar-refractivity contribution in [1.29, 1.82) is 0 Å². The molecule has 11 nitrogen and oxygen atoms in total. The number of hydrazone groups is 1. The molecule has 0 radical (unpaired) electrons. The van der Waals surface area contributed by atoms with E-state index in [1.807, 2.05) is 0 Å². The van der Waals surface area contributed by atoms with E-state index in [0.717, 1.165) is 5.56 Å². The van der Waals surface area contributed by atoms with Crippen molar-refractivity contribution in [2.75, 3.05) is 20.3 Å². The summed E-state index contributed by atoms with van der Waals surface area (Å²) >= 11 is 22.0. The smallest absolute Gasteiger partial charge is 0.337 e. The number of amides is 2. The molecule has 0 saturated heterocycles. The number of rotatable bonds is 13. The summed E-state index contributed by atoms with van der Waals surface area (Å²) < 4.78 is 22.9. The number of allylic oxidation sites excluding steroid dienone is 1. The van der Waals surface area contributed by atoms with Gasteiger partial charge < -0.3 is 34.7 Å². The minimum atomic E-state index is -1.18. The maximum Gasteiger partial charge on any atom is 0.337 e. The van der Waals surface area contributed by atoms with Gasteiger partial charge in [0.25, 0.3) is 0 Å². The summed E-state index contributed by atoms with van der Waals surface area (Å²) in [6.45, 7) is 3.79. The van der Waals surface area contributed by atoms with Crippen molar-refractivity contribution in [2.45, 2.75) is 32.7 Å². The second kappa shape index (κ2) is 16.2. The average Bonchev–Trinajstić information content (AvgIpc) is 3.01. The van der Waals surface area contributed by atoms with Gasteiger partial charge in [0.15, 0.2) is 23.5 Å². The van der Waals surface area contributed by atoms with Crippen molar-refractivity contribution in [3.63, 3.8) is 0 Å². The van der Waals surface area contributed by atoms with E-state index < -0.39 is 24.3 Å². The minimum Gasteiger partial charge on any atom is -0.490 e. The van der Waals surface area contributed by atoms with Gasteiger partial charge in [-0.1, -0.05) is 46.9 Å². The molecule has 244 valence electrons. The lowest BCUT2D eigenvalue weighted by molar-refractivity contribution is -0.136. The Bertz CT molecular complexity index is 1650. The first-order valence-corrected chi connectivity index (χ1v) is 15.7. The van der Waals surface area contributed by atoms with E-state index in [9.17, 15) is 14.7 Å². The Morgan fingerprint density at radius 1 is 1.07 bits per heavy atom. The molecule has 15 heteroatoms. The predicted molar refractivity (Wildman–Crippen MR) is 179 cm³/mol. The van der Waals surface area contributed by atoms with Gasteiger partial charge in [-0.2, -0.15) is 5.10 Å². The van der Waals surface area contributed by atoms with Crippen molar-refractivity contribution < 1.29 is 33.6 Å². The van der Waals surface area contributed by atoms with Crippen LogP contribution in [0.15, 0.2) is 69.4 Å². The van der Waals surface area contributed by atoms with Crippen molar-refractivity contribution in [3.05, 3.63) is 96.0 Å². The van der Waals surface area contributed by atoms with Crippen LogP contribution in [0.3, 0.4) is 0 Å². The van der Waals surface area contributed by atoms with Crippen LogP contribution < -0.4 is 30.3 Å². The second-order valence-electron chi connectivity index (χ2n) is 9.77. The molecule has 1 aliphatic heterocycles. The average molecular weight is 757 g/mol. The number of halogens is 4. The lowest BCUT2D eigenvalue weighted by Gasteiger charge is -2.28. The fourth-order valence-corrected chi connectivity index (χ4v) is 5.71. The van der Waals surface area contributed by atoms with E-state index in [-0.39, 0.29) is 18.8 Å². The van der Waals surface area contributed by atoms with Crippen molar-refractivity contribution in [2.24, 2.45) is 5.10 Å². The Balaban J connectivity index is 1.37. The number of carbonyl (C=O) groups is 2. The number of hydrogen-bond acceptors (Lipinski definition) is 9. The third-order valence-electron chi connectivity index (χ3n) is 6.50. The Morgan fingerprint density at radius 3 is 2.54 bits per heavy atom. The molecule has 0 saturated carbocycles. The first-order chi connectivity index (χ1) is 22.0. The van der Waals surface area contributed by atoms with Crippen LogP contribution in [0, 0.1) is 0 Å². The number of carbonyl (C=O) groups excluding carboxylic acids is 2. The summed E-state index contributed by atoms with van der Waals surface area (Å²) in [5.74, 6) is 0.550. The number of hydrogen-bond donors (Lipinski definition) is 4. The molecule has 0 fully saturated rings. The fraction of sp³-hybridized carbons (Fsp3) is 0.258. The SMILES string of the molecule is CCOc1cc([C@H]2NC(=O)NC(C)=C2C(=O)OC)ccc1OC[C@@H](O)N/N=C\c1cc(Cl)c(OCc2ccc(Cl)c(Cl)c2)c(Br)c1. The number of urea groups is 1. The lowest BCUT2D eigenvalue weighted by Crippen LogP contribution is -2.45. The molecule has 1 heterocycles. The van der Waals surface area contributed by atoms with Crippen LogP contribution >= 0.6 is 50.7 Å². The maximum absolute atomic E-state index is 12.4. The van der Waals surface area contributed by atoms with E-state index in [0.29, 0.717) is 60.2 Å². The van der Waals surface area contributed by atoms with Gasteiger partial charge in [-0.25, -0.2) is 9.59 Å². The van der Waals surface area contributed by atoms with E-state index in [4.69, 9.17) is 53.8 Å². The topological polar surface area (TPSA) is 140 Å². The number of nitrogens with zero attached hydrogens (tertiary/aromatic N) is 1. The highest BCUT2D eigenvalue weighted by molar-refractivity contribution is 9.10. The summed E-state index contributed by atoms with van der Waals surface area (Å²) in [5, 5.41) is 21.1. The highest BCUT2D eigenvalue weighted by Gasteiger charge is 2.32. The first kappa shape index (κ1) is 35.2. The molecular formula is C31H30BrCl3N4O7. The maximum atomic E-state index is 12.4. The molecule has 3 aromatic rings. The summed E-state index contributed by atoms with van der Waals surface area (Å²) in [7, 11) is 1.27. The summed E-state index contributed by atoms with van der Waals surface area (Å²) in [4.78, 5) is 24.6. The van der Waals surface area contributed by atoms with Gasteiger partial charge in [0, 0.05) is 5.70 Å². The zero-order chi connectivity index (χ0) is 33.4. The monoisotopic (exact) mass is 754 g/mol. The number of aliphatic hydroxyl groups is 1. The Hall–Kier alpha value is -3.68. The van der Waals surface area contributed by atoms with Gasteiger partial charge in [0.2, 0.25) is 0 Å². The second-order valence-corrected chi connectivity index (χ2v) is 11.8. The number of benzene rings is 3. The Morgan fingerprint density at radius 2 is 1.85 bits per heavy atom. The molecule has 3 aromatic carbocycles. The Kier molecular flexibility index (Phi) is 12.4. The van der Waals surface area contributed by atoms with Crippen LogP contribution in [-0.4, -0.2) is 49.9 Å². The van der Waals surface area contributed by atoms with Crippen LogP contribution in [-0.2, 0) is 16.1 Å². The molecule has 4 N–H and O–H groups in total. The molecule has 0 bridgehead atoms. The van der Waals surface area contributed by atoms with Crippen molar-refractivity contribution in [3.8, 4) is 17.2 Å². The number of aliphatic hydroxyl groups excluding tert-OH is 1. The van der Waals surface area contributed by atoms with E-state index >= 15 is 0 Å². The molecule has 2 atom stereocenters. The standard InChI is InChI=1S/C31H30BrCl3N4O7/c1-4-44-25-12-19(28-27(30(41)43-3)16(2)37-31(42)38-28)6-8-24(25)45-15-26(40)39-36-13-18-9-20(32)29(23(35)11-18)46-14-17-5-7-21(33)22(34)10-17/h5-13,26,28,39-40H,4,14-15H2,1-3H3,(H2,37,38,42)/b36-13-/t26-,28-/m1/s1. The van der Waals surface area contributed by atoms with Gasteiger partial charge in [0.1, 0.15) is 13.2 Å². The third kappa shape index (κ3) is 8.98. The predicted octanol–water partition coefficient (Wildman–Crippen LogP) is 6.51. The Labute approximate surface area is 288 Å². The lowest BCUT2D eigenvalue weighted by atomic mass is 9.95. The van der Waals surface area contributed by atoms with Crippen LogP contribution in [0.25, 0.3) is 0 Å². The molecule has 0 unspecified atom stereocenters. The van der Waals surface area contributed by atoms with Crippen LogP contribution in [0.1, 0.15) is 36.6 Å². The number of esters is 1. The molecular weight excluding hydrogens is 727 g/mol. The quantitative estimate of drug-likeness (QED) is 0.0671. The largest absolute Gasteiger partial charge is 0.490 e. The van der Waals surface area contributed by atoms with E-state index in [1.165, 1.54) is 13.3 Å². The molecule has 0 aliphatic carbocycles. The highest BCUT2D eigenvalue weighted by atomic mass is 79.9. The first-order valence-electron chi connectivity index (χ1n) is 13.8. The number of methoxy groups -OCH3 is 1. The zero-order valence-corrected chi connectivity index (χ0v) is 28.7. The van der Waals surface area contributed by atoms with Crippen LogP contribution in [0.5, 0.6) is 17.2 Å². The highest BCUT2D eigenvalue weighted by Crippen LogP contribution is 2.36. The zero-order valence-electron chi connectivity index (χ0n) is 24.8. The van der Waals surface area contributed by atoms with Gasteiger partial charge in [-0.05, 0) is 82.9 Å². The third-order valence-corrected chi connectivity index (χ3v) is 8.11. The summed E-state index contributed by atoms with van der Waals surface area (Å²) in [5.41, 5.74) is 5.26. The summed E-state index contributed by atoms with van der Waals surface area (Å²) in [6.07, 6.45) is 0.295. The summed E-state index contributed by atoms with van der Waals surface area (Å²) in [6, 6.07) is 12.4. The minimum absolute atomic E-state index is 0.181. The van der Waals surface area contributed by atoms with Crippen molar-refractivity contribution >= 4 is 68.9 Å². The molecule has 46 heavy (non-hydrogen) atoms. The van der Waals surface area contributed by atoms with E-state index in [2.05, 4.69) is 37.1 Å². The van der Waals surface area contributed by atoms with Gasteiger partial charge in [0.05, 0.1) is 51.1 Å². The van der Waals surface area contributed by atoms with Crippen LogP contribution in [0.2, 0.25) is 15.1 Å². The molecule has 0 aromatic heterocycles. The van der Waals surface area contributed by atoms with Gasteiger partial charge >= 0.3 is 12.0 Å². The number of ether oxygens (including phenoxy) is 4. The van der Waals surface area contributed by atoms with Crippen molar-refractivity contribution in [1.82, 2.24) is 16.1 Å². The molecule has 2 amide bonds. The molecule has 1 aliphatic rings. The number of nitrogens with one attached hydrogen (secondary N) is 3. The molecule has 4 rings (SSSR count). The van der Waals surface area contributed by atoms with Gasteiger partial charge in [-0.15, -0.1) is 0 Å². The molecule has 0 spiro atoms. The van der Waals surface area contributed by atoms with E-state index in [1.54, 1.807) is 62.4 Å². The normalized spacial score (nSPS) is 15.2. The van der Waals surface area contributed by atoms with Crippen LogP contribution in [0.4, 0.5) is 4.79 Å². The fourth-order valence-electron chi connectivity index (χ4n) is 4.40.